The summed E-state index contributed by atoms with van der Waals surface area (Å²) >= 11 is 0. The van der Waals surface area contributed by atoms with Gasteiger partial charge in [0.15, 0.2) is 11.5 Å². The topological polar surface area (TPSA) is 59.3 Å². The highest BCUT2D eigenvalue weighted by Gasteiger charge is 2.43. The quantitative estimate of drug-likeness (QED) is 0.299. The molecule has 4 nitrogen and oxygen atoms in total. The molecule has 1 unspecified atom stereocenters. The van der Waals surface area contributed by atoms with Gasteiger partial charge in [0.25, 0.3) is 5.91 Å². The van der Waals surface area contributed by atoms with Gasteiger partial charge in [0.2, 0.25) is 0 Å². The largest absolute Gasteiger partial charge is 0.451 e. The van der Waals surface area contributed by atoms with Crippen molar-refractivity contribution in [2.24, 2.45) is 0 Å². The Morgan fingerprint density at radius 2 is 1.56 bits per heavy atom. The zero-order chi connectivity index (χ0) is 25.9. The monoisotopic (exact) mass is 505 g/mol. The molecule has 1 saturated carbocycles. The van der Waals surface area contributed by atoms with Crippen LogP contribution < -0.4 is 5.32 Å². The molecule has 1 amide bonds. The molecule has 0 saturated heterocycles. The molecule has 5 heteroatoms. The Kier molecular flexibility index (Phi) is 8.05. The Balaban J connectivity index is 1.53. The minimum absolute atomic E-state index is 0.0123. The smallest absolute Gasteiger partial charge is 0.287 e. The van der Waals surface area contributed by atoms with Crippen LogP contribution in [0.2, 0.25) is 0 Å². The molecule has 1 aliphatic rings. The van der Waals surface area contributed by atoms with Crippen molar-refractivity contribution in [3.8, 4) is 11.1 Å². The van der Waals surface area contributed by atoms with Crippen LogP contribution in [0.5, 0.6) is 0 Å². The number of carbonyl (C=O) groups is 2. The molecule has 36 heavy (non-hydrogen) atoms. The molecule has 0 radical (unpaired) electrons. The van der Waals surface area contributed by atoms with Crippen molar-refractivity contribution in [1.29, 1.82) is 0 Å². The maximum Gasteiger partial charge on any atom is 0.287 e. The molecule has 1 N–H and O–H groups in total. The predicted molar refractivity (Wildman–Crippen MR) is 152 cm³/mol. The predicted octanol–water partition coefficient (Wildman–Crippen LogP) is 8.05. The zero-order valence-electron chi connectivity index (χ0n) is 22.2. The maximum absolute atomic E-state index is 13.2. The van der Waals surface area contributed by atoms with Crippen molar-refractivity contribution in [3.05, 3.63) is 59.9 Å². The molecule has 192 valence electrons. The van der Waals surface area contributed by atoms with E-state index in [0.717, 1.165) is 29.4 Å². The van der Waals surface area contributed by atoms with Gasteiger partial charge in [-0.1, -0.05) is 70.0 Å². The lowest BCUT2D eigenvalue weighted by Crippen LogP contribution is -2.56. The third-order valence-corrected chi connectivity index (χ3v) is 8.58. The number of hydrogen-bond donors (Lipinski definition) is 1. The van der Waals surface area contributed by atoms with E-state index in [-0.39, 0.29) is 22.6 Å². The number of nitrogens with one attached hydrogen (secondary N) is 1. The highest BCUT2D eigenvalue weighted by atomic mass is 31.0. The lowest BCUT2D eigenvalue weighted by atomic mass is 9.74. The molecule has 2 aromatic carbocycles. The van der Waals surface area contributed by atoms with Crippen LogP contribution in [0.4, 0.5) is 0 Å². The SMILES string of the molecule is CCCC(CCC)c1ccc(-c2ccc3cc(C(=O)NC4(C(C)=O)CCC(C)(P)CC4)oc3c2)cc1. The lowest BCUT2D eigenvalue weighted by molar-refractivity contribution is -0.124. The molecular formula is C31H40NO3P. The molecule has 1 atom stereocenters. The van der Waals surface area contributed by atoms with Gasteiger partial charge in [-0.05, 0) is 85.3 Å². The van der Waals surface area contributed by atoms with Gasteiger partial charge in [0.05, 0.1) is 5.54 Å². The molecule has 4 rings (SSSR count). The van der Waals surface area contributed by atoms with E-state index >= 15 is 0 Å². The van der Waals surface area contributed by atoms with Crippen LogP contribution in [0, 0.1) is 0 Å². The van der Waals surface area contributed by atoms with Gasteiger partial charge in [-0.2, -0.15) is 0 Å². The van der Waals surface area contributed by atoms with Crippen LogP contribution in [-0.2, 0) is 4.79 Å². The Bertz CT molecular complexity index is 1210. The minimum atomic E-state index is -0.813. The average molecular weight is 506 g/mol. The summed E-state index contributed by atoms with van der Waals surface area (Å²) in [5, 5.41) is 4.03. The highest BCUT2D eigenvalue weighted by Crippen LogP contribution is 2.41. The first-order chi connectivity index (χ1) is 17.2. The van der Waals surface area contributed by atoms with Crippen molar-refractivity contribution in [2.75, 3.05) is 0 Å². The molecule has 0 spiro atoms. The van der Waals surface area contributed by atoms with Gasteiger partial charge in [0, 0.05) is 5.39 Å². The van der Waals surface area contributed by atoms with Gasteiger partial charge in [-0.25, -0.2) is 0 Å². The van der Waals surface area contributed by atoms with Gasteiger partial charge in [0.1, 0.15) is 5.58 Å². The number of rotatable bonds is 9. The van der Waals surface area contributed by atoms with E-state index in [4.69, 9.17) is 4.42 Å². The van der Waals surface area contributed by atoms with Crippen molar-refractivity contribution < 1.29 is 14.0 Å². The number of carbonyl (C=O) groups excluding carboxylic acids is 2. The number of ketones is 1. The van der Waals surface area contributed by atoms with Crippen LogP contribution in [0.25, 0.3) is 22.1 Å². The third kappa shape index (κ3) is 5.75. The van der Waals surface area contributed by atoms with Crippen molar-refractivity contribution in [3.63, 3.8) is 0 Å². The molecule has 1 heterocycles. The maximum atomic E-state index is 13.2. The van der Waals surface area contributed by atoms with Gasteiger partial charge < -0.3 is 9.73 Å². The number of amides is 1. The van der Waals surface area contributed by atoms with Gasteiger partial charge >= 0.3 is 0 Å². The van der Waals surface area contributed by atoms with Crippen LogP contribution in [-0.4, -0.2) is 22.4 Å². The summed E-state index contributed by atoms with van der Waals surface area (Å²) in [4.78, 5) is 25.7. The van der Waals surface area contributed by atoms with E-state index in [1.807, 2.05) is 12.1 Å². The van der Waals surface area contributed by atoms with Crippen molar-refractivity contribution in [1.82, 2.24) is 5.32 Å². The molecule has 3 aromatic rings. The van der Waals surface area contributed by atoms with E-state index < -0.39 is 5.54 Å². The summed E-state index contributed by atoms with van der Waals surface area (Å²) in [5.74, 6) is 0.560. The average Bonchev–Trinajstić information content (AvgIpc) is 3.29. The van der Waals surface area contributed by atoms with Gasteiger partial charge in [-0.15, -0.1) is 9.24 Å². The second kappa shape index (κ2) is 10.9. The molecule has 0 aliphatic heterocycles. The van der Waals surface area contributed by atoms with E-state index in [2.05, 4.69) is 65.7 Å². The number of hydrogen-bond acceptors (Lipinski definition) is 3. The van der Waals surface area contributed by atoms with Crippen LogP contribution in [0.15, 0.2) is 52.9 Å². The van der Waals surface area contributed by atoms with E-state index in [0.29, 0.717) is 24.3 Å². The minimum Gasteiger partial charge on any atom is -0.451 e. The Labute approximate surface area is 217 Å². The highest BCUT2D eigenvalue weighted by molar-refractivity contribution is 7.18. The molecule has 1 fully saturated rings. The number of Topliss-reactive ketones (excluding diaryl/α,β-unsaturated/α-hetero) is 1. The number of fused-ring (bicyclic) bond motifs is 1. The van der Waals surface area contributed by atoms with Crippen molar-refractivity contribution in [2.45, 2.75) is 95.7 Å². The molecule has 1 aromatic heterocycles. The molecule has 0 bridgehead atoms. The molecule has 1 aliphatic carbocycles. The first kappa shape index (κ1) is 26.6. The normalized spacial score (nSPS) is 22.2. The lowest BCUT2D eigenvalue weighted by Gasteiger charge is -2.42. The number of benzene rings is 2. The fourth-order valence-corrected chi connectivity index (χ4v) is 5.83. The summed E-state index contributed by atoms with van der Waals surface area (Å²) in [6.45, 7) is 8.26. The standard InChI is InChI=1S/C31H40NO3P/c1-5-7-22(8-6-2)23-9-11-24(12-10-23)25-13-14-26-20-28(35-27(26)19-25)29(34)32-31(21(3)33)17-15-30(4,36)16-18-31/h9-14,19-20,22H,5-8,15-18,36H2,1-4H3,(H,32,34). The fraction of sp³-hybridized carbons (Fsp3) is 0.484. The summed E-state index contributed by atoms with van der Waals surface area (Å²) < 4.78 is 6.00. The summed E-state index contributed by atoms with van der Waals surface area (Å²) in [7, 11) is 2.89. The summed E-state index contributed by atoms with van der Waals surface area (Å²) in [6, 6.07) is 16.7. The van der Waals surface area contributed by atoms with E-state index in [1.54, 1.807) is 13.0 Å². The third-order valence-electron chi connectivity index (χ3n) is 8.01. The first-order valence-electron chi connectivity index (χ1n) is 13.4. The molecular weight excluding hydrogens is 465 g/mol. The fourth-order valence-electron chi connectivity index (χ4n) is 5.54. The van der Waals surface area contributed by atoms with Crippen molar-refractivity contribution >= 4 is 31.9 Å². The van der Waals surface area contributed by atoms with E-state index in [9.17, 15) is 9.59 Å². The Morgan fingerprint density at radius 3 is 2.14 bits per heavy atom. The first-order valence-corrected chi connectivity index (χ1v) is 14.0. The van der Waals surface area contributed by atoms with E-state index in [1.165, 1.54) is 31.2 Å². The second-order valence-corrected chi connectivity index (χ2v) is 12.4. The zero-order valence-corrected chi connectivity index (χ0v) is 23.3. The Hall–Kier alpha value is -2.45. The summed E-state index contributed by atoms with van der Waals surface area (Å²) in [6.07, 6.45) is 7.87. The number of furan rings is 1. The second-order valence-electron chi connectivity index (χ2n) is 11.0. The summed E-state index contributed by atoms with van der Waals surface area (Å²) in [5.41, 5.74) is 3.46. The van der Waals surface area contributed by atoms with Crippen LogP contribution in [0.1, 0.15) is 101 Å². The van der Waals surface area contributed by atoms with Gasteiger partial charge in [-0.3, -0.25) is 9.59 Å². The Morgan fingerprint density at radius 1 is 0.944 bits per heavy atom. The van der Waals surface area contributed by atoms with Crippen LogP contribution >= 0.6 is 9.24 Å². The van der Waals surface area contributed by atoms with Crippen LogP contribution in [0.3, 0.4) is 0 Å².